The largest absolute Gasteiger partial charge is 0.497 e. The normalized spacial score (nSPS) is 17.2. The monoisotopic (exact) mass is 492 g/mol. The minimum Gasteiger partial charge on any atom is -0.497 e. The molecule has 5 amide bonds. The van der Waals surface area contributed by atoms with Gasteiger partial charge in [0.1, 0.15) is 17.1 Å². The summed E-state index contributed by atoms with van der Waals surface area (Å²) in [6, 6.07) is 11.8. The number of rotatable bonds is 5. The first-order chi connectivity index (χ1) is 17.2. The van der Waals surface area contributed by atoms with Gasteiger partial charge in [-0.15, -0.1) is 0 Å². The van der Waals surface area contributed by atoms with Gasteiger partial charge in [0.25, 0.3) is 11.8 Å². The molecule has 0 aliphatic carbocycles. The number of ether oxygens (including phenoxy) is 1. The molecule has 3 heterocycles. The van der Waals surface area contributed by atoms with Gasteiger partial charge < -0.3 is 24.7 Å². The number of hydrogen-bond donors (Lipinski definition) is 3. The quantitative estimate of drug-likeness (QED) is 0.470. The summed E-state index contributed by atoms with van der Waals surface area (Å²) >= 11 is 0. The van der Waals surface area contributed by atoms with Crippen LogP contribution in [-0.2, 0) is 16.1 Å². The van der Waals surface area contributed by atoms with Crippen molar-refractivity contribution < 1.29 is 28.3 Å². The predicted molar refractivity (Wildman–Crippen MR) is 132 cm³/mol. The van der Waals surface area contributed by atoms with Crippen LogP contribution >= 0.6 is 0 Å². The lowest BCUT2D eigenvalue weighted by molar-refractivity contribution is -0.120. The number of furan rings is 1. The van der Waals surface area contributed by atoms with E-state index in [1.165, 1.54) is 6.92 Å². The fraction of sp³-hybridized carbons (Fsp3) is 0.308. The van der Waals surface area contributed by atoms with Gasteiger partial charge in [-0.2, -0.15) is 0 Å². The molecule has 0 saturated carbocycles. The summed E-state index contributed by atoms with van der Waals surface area (Å²) < 4.78 is 10.7. The minimum absolute atomic E-state index is 0.0634. The number of imide groups is 1. The Morgan fingerprint density at radius 1 is 1.19 bits per heavy atom. The molecule has 3 N–H and O–H groups in total. The van der Waals surface area contributed by atoms with Crippen LogP contribution < -0.4 is 20.7 Å². The number of benzene rings is 2. The first kappa shape index (κ1) is 24.8. The number of fused-ring (bicyclic) bond motifs is 2. The van der Waals surface area contributed by atoms with E-state index in [-0.39, 0.29) is 17.7 Å². The summed E-state index contributed by atoms with van der Waals surface area (Å²) in [7, 11) is 3.40. The molecule has 2 unspecified atom stereocenters. The Balaban J connectivity index is 0.000000197. The van der Waals surface area contributed by atoms with Crippen LogP contribution in [-0.4, -0.2) is 49.4 Å². The van der Waals surface area contributed by atoms with Crippen LogP contribution in [0.5, 0.6) is 5.75 Å². The zero-order chi connectivity index (χ0) is 26.0. The molecule has 10 heteroatoms. The molecule has 1 aromatic heterocycles. The highest BCUT2D eigenvalue weighted by atomic mass is 16.5. The average molecular weight is 493 g/mol. The van der Waals surface area contributed by atoms with E-state index in [0.29, 0.717) is 24.4 Å². The van der Waals surface area contributed by atoms with Crippen molar-refractivity contribution in [2.75, 3.05) is 20.7 Å². The first-order valence-electron chi connectivity index (χ1n) is 11.5. The van der Waals surface area contributed by atoms with E-state index in [9.17, 15) is 19.2 Å². The van der Waals surface area contributed by atoms with Crippen molar-refractivity contribution in [2.24, 2.45) is 0 Å². The molecule has 3 aromatic rings. The number of amides is 5. The van der Waals surface area contributed by atoms with E-state index in [0.717, 1.165) is 27.8 Å². The van der Waals surface area contributed by atoms with E-state index in [4.69, 9.17) is 9.15 Å². The van der Waals surface area contributed by atoms with Crippen LogP contribution in [0.3, 0.4) is 0 Å². The number of carbonyl (C=O) groups is 4. The highest BCUT2D eigenvalue weighted by molar-refractivity contribution is 6.04. The number of methoxy groups -OCH3 is 1. The summed E-state index contributed by atoms with van der Waals surface area (Å²) in [6.07, 6.45) is 0. The molecule has 2 aromatic carbocycles. The lowest BCUT2D eigenvalue weighted by atomic mass is 9.99. The van der Waals surface area contributed by atoms with Crippen LogP contribution in [0.15, 0.2) is 46.9 Å². The van der Waals surface area contributed by atoms with Gasteiger partial charge >= 0.3 is 6.03 Å². The maximum atomic E-state index is 11.7. The van der Waals surface area contributed by atoms with Crippen molar-refractivity contribution in [3.63, 3.8) is 0 Å². The standard InChI is InChI=1S/C16H17N3O4.C10H11NO2/c1-8(7-17-9(2)20)10-3-4-12-11(5-10)6-13(23-12)14-15(21)19-16(22)18-14;1-11-6-7-3-4-8(13-2)5-9(7)10(11)12/h3-6,8,14H,7H2,1-2H3,(H,17,20)(H2,18,19,21,22);3-5H,6H2,1-2H3. The van der Waals surface area contributed by atoms with Crippen molar-refractivity contribution in [3.05, 3.63) is 64.9 Å². The zero-order valence-electron chi connectivity index (χ0n) is 20.5. The van der Waals surface area contributed by atoms with E-state index < -0.39 is 18.0 Å². The Bertz CT molecular complexity index is 1350. The van der Waals surface area contributed by atoms with Crippen LogP contribution in [0.25, 0.3) is 11.0 Å². The summed E-state index contributed by atoms with van der Waals surface area (Å²) in [5.74, 6) is 0.877. The molecule has 0 bridgehead atoms. The molecule has 2 aliphatic heterocycles. The maximum absolute atomic E-state index is 11.7. The topological polar surface area (TPSA) is 130 Å². The average Bonchev–Trinajstić information content (AvgIpc) is 3.51. The fourth-order valence-electron chi connectivity index (χ4n) is 4.12. The van der Waals surface area contributed by atoms with Crippen molar-refractivity contribution in [2.45, 2.75) is 32.4 Å². The van der Waals surface area contributed by atoms with E-state index >= 15 is 0 Å². The lowest BCUT2D eigenvalue weighted by Crippen LogP contribution is -2.24. The van der Waals surface area contributed by atoms with Gasteiger partial charge in [-0.3, -0.25) is 19.7 Å². The highest BCUT2D eigenvalue weighted by Crippen LogP contribution is 2.28. The van der Waals surface area contributed by atoms with E-state index in [1.807, 2.05) is 37.3 Å². The van der Waals surface area contributed by atoms with Gasteiger partial charge in [-0.05, 0) is 47.4 Å². The predicted octanol–water partition coefficient (Wildman–Crippen LogP) is 2.83. The van der Waals surface area contributed by atoms with Crippen LogP contribution in [0.2, 0.25) is 0 Å². The van der Waals surface area contributed by atoms with Gasteiger partial charge in [0.05, 0.1) is 7.11 Å². The van der Waals surface area contributed by atoms with E-state index in [2.05, 4.69) is 16.0 Å². The number of nitrogens with one attached hydrogen (secondary N) is 3. The molecule has 0 spiro atoms. The van der Waals surface area contributed by atoms with Crippen molar-refractivity contribution in [3.8, 4) is 5.75 Å². The Morgan fingerprint density at radius 2 is 1.97 bits per heavy atom. The maximum Gasteiger partial charge on any atom is 0.322 e. The molecule has 36 heavy (non-hydrogen) atoms. The number of urea groups is 1. The van der Waals surface area contributed by atoms with Crippen molar-refractivity contribution in [1.82, 2.24) is 20.9 Å². The summed E-state index contributed by atoms with van der Waals surface area (Å²) in [4.78, 5) is 47.1. The van der Waals surface area contributed by atoms with Gasteiger partial charge in [0.2, 0.25) is 5.91 Å². The second kappa shape index (κ2) is 10.1. The molecule has 0 radical (unpaired) electrons. The summed E-state index contributed by atoms with van der Waals surface area (Å²) in [5.41, 5.74) is 3.54. The van der Waals surface area contributed by atoms with Crippen LogP contribution in [0.1, 0.15) is 53.1 Å². The molecule has 10 nitrogen and oxygen atoms in total. The molecule has 2 atom stereocenters. The van der Waals surface area contributed by atoms with Crippen molar-refractivity contribution >= 4 is 34.7 Å². The Kier molecular flexibility index (Phi) is 6.96. The third kappa shape index (κ3) is 5.17. The Labute approximate surface area is 208 Å². The molecule has 1 fully saturated rings. The second-order valence-electron chi connectivity index (χ2n) is 8.86. The zero-order valence-corrected chi connectivity index (χ0v) is 20.5. The molecule has 1 saturated heterocycles. The second-order valence-corrected chi connectivity index (χ2v) is 8.86. The third-order valence-electron chi connectivity index (χ3n) is 6.15. The minimum atomic E-state index is -0.796. The van der Waals surface area contributed by atoms with Crippen molar-refractivity contribution in [1.29, 1.82) is 0 Å². The lowest BCUT2D eigenvalue weighted by Gasteiger charge is -2.12. The number of carbonyl (C=O) groups excluding carboxylic acids is 4. The number of hydrogen-bond acceptors (Lipinski definition) is 6. The molecular formula is C26H28N4O6. The highest BCUT2D eigenvalue weighted by Gasteiger charge is 2.33. The molecule has 5 rings (SSSR count). The third-order valence-corrected chi connectivity index (χ3v) is 6.15. The molecular weight excluding hydrogens is 464 g/mol. The first-order valence-corrected chi connectivity index (χ1v) is 11.5. The van der Waals surface area contributed by atoms with Gasteiger partial charge in [-0.25, -0.2) is 4.79 Å². The van der Waals surface area contributed by atoms with Gasteiger partial charge in [0, 0.05) is 38.0 Å². The molecule has 2 aliphatic rings. The smallest absolute Gasteiger partial charge is 0.322 e. The van der Waals surface area contributed by atoms with Gasteiger partial charge in [0.15, 0.2) is 6.04 Å². The Morgan fingerprint density at radius 3 is 2.64 bits per heavy atom. The SMILES string of the molecule is CC(=O)NCC(C)c1ccc2oc(C3NC(=O)NC3=O)cc2c1.COc1ccc2c(c1)C(=O)N(C)C2. The summed E-state index contributed by atoms with van der Waals surface area (Å²) in [5, 5.41) is 8.33. The summed E-state index contributed by atoms with van der Waals surface area (Å²) in [6.45, 7) is 4.76. The van der Waals surface area contributed by atoms with Crippen LogP contribution in [0, 0.1) is 0 Å². The van der Waals surface area contributed by atoms with E-state index in [1.54, 1.807) is 31.2 Å². The molecule has 188 valence electrons. The number of nitrogens with zero attached hydrogens (tertiary/aromatic N) is 1. The van der Waals surface area contributed by atoms with Gasteiger partial charge in [-0.1, -0.05) is 19.1 Å². The Hall–Kier alpha value is -4.34. The van der Waals surface area contributed by atoms with Crippen LogP contribution in [0.4, 0.5) is 4.79 Å². The fourth-order valence-corrected chi connectivity index (χ4v) is 4.12.